The van der Waals surface area contributed by atoms with Gasteiger partial charge in [0, 0.05) is 64.5 Å². The van der Waals surface area contributed by atoms with Gasteiger partial charge in [-0.1, -0.05) is 53.8 Å². The van der Waals surface area contributed by atoms with E-state index in [0.29, 0.717) is 77.2 Å². The van der Waals surface area contributed by atoms with E-state index >= 15 is 0 Å². The summed E-state index contributed by atoms with van der Waals surface area (Å²) in [6.07, 6.45) is 0. The van der Waals surface area contributed by atoms with Crippen LogP contribution in [0.15, 0.2) is 24.3 Å². The number of methoxy groups -OCH3 is 2. The van der Waals surface area contributed by atoms with Crippen LogP contribution < -0.4 is 24.6 Å². The van der Waals surface area contributed by atoms with Crippen molar-refractivity contribution in [1.29, 1.82) is 0 Å². The van der Waals surface area contributed by atoms with Gasteiger partial charge in [0.2, 0.25) is 5.91 Å². The largest absolute Gasteiger partial charge is 0.495 e. The molecule has 2 aromatic heterocycles. The van der Waals surface area contributed by atoms with E-state index in [9.17, 15) is 18.4 Å². The van der Waals surface area contributed by atoms with E-state index in [-0.39, 0.29) is 37.3 Å². The van der Waals surface area contributed by atoms with Gasteiger partial charge in [0.05, 0.1) is 57.1 Å². The minimum atomic E-state index is -0.923. The average molecular weight is 1090 g/mol. The summed E-state index contributed by atoms with van der Waals surface area (Å²) in [5.74, 6) is -0.732. The molecular weight excluding hydrogens is 1050 g/mol. The van der Waals surface area contributed by atoms with Gasteiger partial charge in [-0.3, -0.25) is 19.0 Å². The summed E-state index contributed by atoms with van der Waals surface area (Å²) in [7, 11) is 3.02. The first kappa shape index (κ1) is 47.8. The van der Waals surface area contributed by atoms with Crippen LogP contribution in [0, 0.1) is 32.9 Å². The molecule has 2 fully saturated rings. The fourth-order valence-corrected chi connectivity index (χ4v) is 7.60. The number of benzene rings is 2. The number of nitrogens with one attached hydrogen (secondary N) is 1. The van der Waals surface area contributed by atoms with E-state index in [1.54, 1.807) is 28.6 Å². The van der Waals surface area contributed by atoms with Crippen molar-refractivity contribution >= 4 is 115 Å². The first-order valence-electron chi connectivity index (χ1n) is 16.6. The van der Waals surface area contributed by atoms with E-state index in [0.717, 1.165) is 31.9 Å². The van der Waals surface area contributed by atoms with Gasteiger partial charge in [-0.25, -0.2) is 8.78 Å². The molecule has 2 N–H and O–H groups in total. The SMILES string of the molecule is C.COc1cc(N2CCN(C(=O)Cn3nc(I)c(Cl)c3C)CC2)c(F)cc1Cl.COc1cc(N2CCNCC2)c(F)cc1Cl.Cc1c(Cl)c(I)nn1CC(=O)O. The average Bonchev–Trinajstić information content (AvgIpc) is 3.54. The Morgan fingerprint density at radius 1 is 0.750 bits per heavy atom. The summed E-state index contributed by atoms with van der Waals surface area (Å²) in [5.41, 5.74) is 2.43. The molecule has 56 heavy (non-hydrogen) atoms. The van der Waals surface area contributed by atoms with Gasteiger partial charge in [-0.2, -0.15) is 10.2 Å². The smallest absolute Gasteiger partial charge is 0.325 e. The Balaban J connectivity index is 0.000000246. The number of aromatic nitrogens is 4. The molecule has 13 nitrogen and oxygen atoms in total. The van der Waals surface area contributed by atoms with Gasteiger partial charge in [-0.15, -0.1) is 0 Å². The summed E-state index contributed by atoms with van der Waals surface area (Å²) < 4.78 is 42.6. The Labute approximate surface area is 371 Å². The predicted octanol–water partition coefficient (Wildman–Crippen LogP) is 7.67. The van der Waals surface area contributed by atoms with Crippen molar-refractivity contribution in [3.63, 3.8) is 0 Å². The standard InChI is InChI=1S/C17H18Cl2FIN4O2.C11H14ClFN2O.C6H6ClIN2O2.CH4/c1-10-16(19)17(21)22-25(10)9-15(26)24-5-3-23(4-6-24)13-8-14(27-2)11(18)7-12(13)20;1-16-11-7-10(9(13)6-8(11)12)15-4-2-14-3-5-15;1-3-5(7)6(8)9-10(3)2-4(11)12;/h7-8H,3-6,9H2,1-2H3;6-7,14H,2-5H2,1H3;2H2,1H3,(H,11,12);1H4. The van der Waals surface area contributed by atoms with Crippen LogP contribution in [0.25, 0.3) is 0 Å². The van der Waals surface area contributed by atoms with Gasteiger partial charge >= 0.3 is 5.97 Å². The molecule has 2 aromatic carbocycles. The van der Waals surface area contributed by atoms with E-state index in [1.807, 2.05) is 61.9 Å². The van der Waals surface area contributed by atoms with Crippen molar-refractivity contribution in [2.75, 3.05) is 76.4 Å². The van der Waals surface area contributed by atoms with Crippen LogP contribution in [0.2, 0.25) is 20.1 Å². The third-order valence-corrected chi connectivity index (χ3v) is 12.3. The van der Waals surface area contributed by atoms with Crippen molar-refractivity contribution in [2.24, 2.45) is 0 Å². The molecular formula is C35H42Cl4F2I2N8O5. The lowest BCUT2D eigenvalue weighted by molar-refractivity contribution is -0.138. The molecule has 1 amide bonds. The zero-order chi connectivity index (χ0) is 40.6. The maximum absolute atomic E-state index is 14.3. The molecule has 0 aliphatic carbocycles. The number of hydrogen-bond donors (Lipinski definition) is 2. The van der Waals surface area contributed by atoms with Crippen molar-refractivity contribution in [2.45, 2.75) is 34.4 Å². The highest BCUT2D eigenvalue weighted by atomic mass is 127. The fraction of sp³-hybridized carbons (Fsp3) is 0.429. The van der Waals surface area contributed by atoms with Gasteiger partial charge in [0.1, 0.15) is 43.6 Å². The molecule has 2 aliphatic rings. The minimum Gasteiger partial charge on any atom is -0.495 e. The van der Waals surface area contributed by atoms with Gasteiger partial charge < -0.3 is 34.6 Å². The molecule has 0 atom stereocenters. The second-order valence-corrected chi connectivity index (χ2v) is 15.7. The third kappa shape index (κ3) is 12.2. The zero-order valence-corrected chi connectivity index (χ0v) is 37.5. The van der Waals surface area contributed by atoms with Crippen molar-refractivity contribution < 1.29 is 33.0 Å². The summed E-state index contributed by atoms with van der Waals surface area (Å²) in [6, 6.07) is 5.80. The highest BCUT2D eigenvalue weighted by Crippen LogP contribution is 2.34. The second-order valence-electron chi connectivity index (χ2n) is 12.1. The van der Waals surface area contributed by atoms with Crippen LogP contribution in [0.4, 0.5) is 20.2 Å². The molecule has 4 heterocycles. The van der Waals surface area contributed by atoms with Gasteiger partial charge in [0.25, 0.3) is 0 Å². The molecule has 2 saturated heterocycles. The predicted molar refractivity (Wildman–Crippen MR) is 234 cm³/mol. The van der Waals surface area contributed by atoms with Crippen LogP contribution in [-0.4, -0.2) is 108 Å². The summed E-state index contributed by atoms with van der Waals surface area (Å²) in [5, 5.41) is 21.6. The topological polar surface area (TPSA) is 130 Å². The second kappa shape index (κ2) is 22.0. The molecule has 308 valence electrons. The van der Waals surface area contributed by atoms with Crippen molar-refractivity contribution in [1.82, 2.24) is 29.8 Å². The number of ether oxygens (including phenoxy) is 2. The number of anilines is 2. The number of piperazine rings is 2. The molecule has 0 saturated carbocycles. The number of halogens is 8. The number of carboxylic acids is 1. The van der Waals surface area contributed by atoms with Crippen molar-refractivity contribution in [3.05, 3.63) is 74.8 Å². The van der Waals surface area contributed by atoms with Gasteiger partial charge in [0.15, 0.2) is 0 Å². The third-order valence-electron chi connectivity index (χ3n) is 8.63. The van der Waals surface area contributed by atoms with Crippen LogP contribution in [0.3, 0.4) is 0 Å². The molecule has 0 bridgehead atoms. The first-order valence-corrected chi connectivity index (χ1v) is 20.3. The Hall–Kier alpha value is -2.56. The number of aliphatic carboxylic acids is 1. The lowest BCUT2D eigenvalue weighted by Crippen LogP contribution is -2.50. The van der Waals surface area contributed by atoms with E-state index < -0.39 is 11.8 Å². The maximum Gasteiger partial charge on any atom is 0.325 e. The summed E-state index contributed by atoms with van der Waals surface area (Å²) >= 11 is 27.7. The number of hydrogen-bond acceptors (Lipinski definition) is 9. The summed E-state index contributed by atoms with van der Waals surface area (Å²) in [6.45, 7) is 8.90. The van der Waals surface area contributed by atoms with Crippen LogP contribution in [0.1, 0.15) is 18.8 Å². The Morgan fingerprint density at radius 3 is 1.54 bits per heavy atom. The van der Waals surface area contributed by atoms with Crippen LogP contribution in [0.5, 0.6) is 11.5 Å². The number of rotatable bonds is 8. The molecule has 6 rings (SSSR count). The lowest BCUT2D eigenvalue weighted by Gasteiger charge is -2.36. The fourth-order valence-electron chi connectivity index (χ4n) is 5.58. The van der Waals surface area contributed by atoms with E-state index in [1.165, 1.54) is 31.0 Å². The highest BCUT2D eigenvalue weighted by Gasteiger charge is 2.25. The summed E-state index contributed by atoms with van der Waals surface area (Å²) in [4.78, 5) is 28.6. The normalized spacial score (nSPS) is 13.9. The number of carboxylic acid groups (broad SMARTS) is 1. The zero-order valence-electron chi connectivity index (χ0n) is 30.1. The Kier molecular flexibility index (Phi) is 18.8. The lowest BCUT2D eigenvalue weighted by atomic mass is 10.2. The van der Waals surface area contributed by atoms with Crippen molar-refractivity contribution in [3.8, 4) is 11.5 Å². The minimum absolute atomic E-state index is 0. The number of amides is 1. The van der Waals surface area contributed by atoms with Crippen LogP contribution in [-0.2, 0) is 22.7 Å². The molecule has 4 aromatic rings. The number of nitrogens with zero attached hydrogens (tertiary/aromatic N) is 7. The number of carbonyl (C=O) groups excluding carboxylic acids is 1. The van der Waals surface area contributed by atoms with E-state index in [4.69, 9.17) is 61.0 Å². The molecule has 21 heteroatoms. The molecule has 0 unspecified atom stereocenters. The first-order chi connectivity index (χ1) is 26.1. The Morgan fingerprint density at radius 2 is 1.16 bits per heavy atom. The number of carbonyl (C=O) groups is 2. The monoisotopic (exact) mass is 1090 g/mol. The highest BCUT2D eigenvalue weighted by molar-refractivity contribution is 14.1. The maximum atomic E-state index is 14.3. The quantitative estimate of drug-likeness (QED) is 0.170. The van der Waals surface area contributed by atoms with E-state index in [2.05, 4.69) is 15.5 Å². The molecule has 2 aliphatic heterocycles. The molecule has 0 spiro atoms. The Bertz CT molecular complexity index is 1990. The van der Waals surface area contributed by atoms with Crippen LogP contribution >= 0.6 is 91.6 Å². The molecule has 0 radical (unpaired) electrons. The van der Waals surface area contributed by atoms with Gasteiger partial charge in [-0.05, 0) is 71.2 Å².